The minimum Gasteiger partial charge on any atom is -0.480 e. The summed E-state index contributed by atoms with van der Waals surface area (Å²) in [6, 6.07) is 7.42. The number of anilines is 1. The zero-order chi connectivity index (χ0) is 19.6. The molecule has 2 heterocycles. The van der Waals surface area contributed by atoms with Gasteiger partial charge in [-0.25, -0.2) is 5.48 Å². The number of pyridine rings is 1. The molecule has 0 aliphatic carbocycles. The fourth-order valence-electron chi connectivity index (χ4n) is 2.77. The first-order chi connectivity index (χ1) is 13.0. The first-order valence-electron chi connectivity index (χ1n) is 8.41. The number of ether oxygens (including phenoxy) is 1. The maximum atomic E-state index is 12.3. The van der Waals surface area contributed by atoms with E-state index in [0.29, 0.717) is 23.1 Å². The van der Waals surface area contributed by atoms with E-state index in [1.54, 1.807) is 26.3 Å². The summed E-state index contributed by atoms with van der Waals surface area (Å²) in [5.74, 6) is 0.897. The summed E-state index contributed by atoms with van der Waals surface area (Å²) in [6.45, 7) is 2.18. The largest absolute Gasteiger partial charge is 0.480 e. The number of carbonyl (C=O) groups excluding carboxylic acids is 1. The van der Waals surface area contributed by atoms with Crippen molar-refractivity contribution >= 4 is 34.2 Å². The van der Waals surface area contributed by atoms with Crippen LogP contribution in [0.3, 0.4) is 0 Å². The average molecular weight is 389 g/mol. The molecule has 0 spiro atoms. The van der Waals surface area contributed by atoms with E-state index in [4.69, 9.17) is 21.2 Å². The third-order valence-electron chi connectivity index (χ3n) is 4.11. The quantitative estimate of drug-likeness (QED) is 0.630. The van der Waals surface area contributed by atoms with Crippen molar-refractivity contribution in [2.75, 3.05) is 32.7 Å². The summed E-state index contributed by atoms with van der Waals surface area (Å²) in [5, 5.41) is 1.25. The maximum Gasteiger partial charge on any atom is 0.277 e. The van der Waals surface area contributed by atoms with Crippen molar-refractivity contribution in [2.45, 2.75) is 6.92 Å². The highest BCUT2D eigenvalue weighted by atomic mass is 35.5. The third-order valence-corrected chi connectivity index (χ3v) is 4.42. The van der Waals surface area contributed by atoms with E-state index < -0.39 is 0 Å². The standard InChI is InChI=1S/C19H21ClN4O3/c1-5-27-23-18(25)14-10-21-16-9-15(20)12(8-13(14)16)11-6-7-17(24(2)3)22-19(11)26-4/h6-10,21H,5H2,1-4H3,(H,23,25). The van der Waals surface area contributed by atoms with Crippen LogP contribution >= 0.6 is 11.6 Å². The van der Waals surface area contributed by atoms with Crippen molar-refractivity contribution in [3.05, 3.63) is 41.0 Å². The second-order valence-corrected chi connectivity index (χ2v) is 6.47. The van der Waals surface area contributed by atoms with Crippen molar-refractivity contribution in [1.82, 2.24) is 15.4 Å². The number of methoxy groups -OCH3 is 1. The Morgan fingerprint density at radius 2 is 2.07 bits per heavy atom. The third kappa shape index (κ3) is 3.70. The number of nitrogens with one attached hydrogen (secondary N) is 2. The number of halogens is 1. The van der Waals surface area contributed by atoms with E-state index in [9.17, 15) is 4.79 Å². The van der Waals surface area contributed by atoms with E-state index in [0.717, 1.165) is 27.8 Å². The molecule has 0 atom stereocenters. The molecule has 142 valence electrons. The molecule has 2 N–H and O–H groups in total. The molecular weight excluding hydrogens is 368 g/mol. The van der Waals surface area contributed by atoms with Gasteiger partial charge in [0.15, 0.2) is 0 Å². The summed E-state index contributed by atoms with van der Waals surface area (Å²) in [7, 11) is 5.38. The van der Waals surface area contributed by atoms with Crippen LogP contribution in [0.25, 0.3) is 22.0 Å². The number of benzene rings is 1. The van der Waals surface area contributed by atoms with Gasteiger partial charge in [0.05, 0.1) is 24.3 Å². The van der Waals surface area contributed by atoms with Gasteiger partial charge in [0.25, 0.3) is 5.91 Å². The van der Waals surface area contributed by atoms with Crippen molar-refractivity contribution in [3.63, 3.8) is 0 Å². The Morgan fingerprint density at radius 1 is 1.30 bits per heavy atom. The highest BCUT2D eigenvalue weighted by molar-refractivity contribution is 6.34. The molecule has 8 heteroatoms. The molecule has 0 unspecified atom stereocenters. The second kappa shape index (κ2) is 7.85. The van der Waals surface area contributed by atoms with Crippen LogP contribution in [0.15, 0.2) is 30.5 Å². The summed E-state index contributed by atoms with van der Waals surface area (Å²) in [4.78, 5) is 26.8. The summed E-state index contributed by atoms with van der Waals surface area (Å²) >= 11 is 6.50. The SMILES string of the molecule is CCONC(=O)c1c[nH]c2cc(Cl)c(-c3ccc(N(C)C)nc3OC)cc12. The van der Waals surface area contributed by atoms with E-state index in [1.165, 1.54) is 0 Å². The van der Waals surface area contributed by atoms with E-state index >= 15 is 0 Å². The number of rotatable bonds is 6. The number of aromatic nitrogens is 2. The average Bonchev–Trinajstić information content (AvgIpc) is 3.07. The van der Waals surface area contributed by atoms with Crippen molar-refractivity contribution in [1.29, 1.82) is 0 Å². The number of amides is 1. The minimum atomic E-state index is -0.329. The van der Waals surface area contributed by atoms with Crippen LogP contribution in [-0.2, 0) is 4.84 Å². The number of hydrogen-bond donors (Lipinski definition) is 2. The number of aromatic amines is 1. The molecular formula is C19H21ClN4O3. The van der Waals surface area contributed by atoms with Gasteiger partial charge in [-0.2, -0.15) is 4.98 Å². The topological polar surface area (TPSA) is 79.5 Å². The van der Waals surface area contributed by atoms with Gasteiger partial charge in [-0.3, -0.25) is 9.63 Å². The first-order valence-corrected chi connectivity index (χ1v) is 8.79. The van der Waals surface area contributed by atoms with E-state index in [2.05, 4.69) is 15.4 Å². The summed E-state index contributed by atoms with van der Waals surface area (Å²) in [6.07, 6.45) is 1.63. The summed E-state index contributed by atoms with van der Waals surface area (Å²) < 4.78 is 5.47. The van der Waals surface area contributed by atoms with Crippen LogP contribution < -0.4 is 15.1 Å². The van der Waals surface area contributed by atoms with E-state index in [1.807, 2.05) is 37.2 Å². The molecule has 3 rings (SSSR count). The van der Waals surface area contributed by atoms with Gasteiger partial charge in [0.2, 0.25) is 5.88 Å². The van der Waals surface area contributed by atoms with Crippen LogP contribution in [-0.4, -0.2) is 43.7 Å². The van der Waals surface area contributed by atoms with Crippen LogP contribution in [0.5, 0.6) is 5.88 Å². The highest BCUT2D eigenvalue weighted by Crippen LogP contribution is 2.38. The lowest BCUT2D eigenvalue weighted by Crippen LogP contribution is -2.23. The molecule has 0 bridgehead atoms. The fraction of sp³-hybridized carbons (Fsp3) is 0.263. The molecule has 1 amide bonds. The molecule has 0 aliphatic rings. The van der Waals surface area contributed by atoms with Gasteiger partial charge in [-0.15, -0.1) is 0 Å². The Balaban J connectivity index is 2.12. The number of carbonyl (C=O) groups is 1. The number of hydroxylamine groups is 1. The molecule has 0 radical (unpaired) electrons. The molecule has 7 nitrogen and oxygen atoms in total. The highest BCUT2D eigenvalue weighted by Gasteiger charge is 2.18. The summed E-state index contributed by atoms with van der Waals surface area (Å²) in [5.41, 5.74) is 5.10. The van der Waals surface area contributed by atoms with Crippen molar-refractivity contribution < 1.29 is 14.4 Å². The molecule has 0 fully saturated rings. The van der Waals surface area contributed by atoms with Crippen LogP contribution in [0.4, 0.5) is 5.82 Å². The van der Waals surface area contributed by atoms with Crippen LogP contribution in [0, 0.1) is 0 Å². The number of H-pyrrole nitrogens is 1. The minimum absolute atomic E-state index is 0.329. The molecule has 0 aliphatic heterocycles. The number of hydrogen-bond acceptors (Lipinski definition) is 5. The Bertz CT molecular complexity index is 984. The van der Waals surface area contributed by atoms with Crippen LogP contribution in [0.2, 0.25) is 5.02 Å². The van der Waals surface area contributed by atoms with Crippen LogP contribution in [0.1, 0.15) is 17.3 Å². The molecule has 3 aromatic rings. The monoisotopic (exact) mass is 388 g/mol. The van der Waals surface area contributed by atoms with Gasteiger partial charge >= 0.3 is 0 Å². The predicted octanol–water partition coefficient (Wildman–Crippen LogP) is 3.64. The number of nitrogens with zero attached hydrogens (tertiary/aromatic N) is 2. The Labute approximate surface area is 162 Å². The predicted molar refractivity (Wildman–Crippen MR) is 107 cm³/mol. The molecule has 0 saturated heterocycles. The lowest BCUT2D eigenvalue weighted by molar-refractivity contribution is 0.0366. The van der Waals surface area contributed by atoms with Gasteiger partial charge in [0, 0.05) is 42.3 Å². The lowest BCUT2D eigenvalue weighted by atomic mass is 10.0. The van der Waals surface area contributed by atoms with Crippen molar-refractivity contribution in [2.24, 2.45) is 0 Å². The zero-order valence-electron chi connectivity index (χ0n) is 15.6. The number of fused-ring (bicyclic) bond motifs is 1. The van der Waals surface area contributed by atoms with Gasteiger partial charge in [-0.05, 0) is 31.2 Å². The normalized spacial score (nSPS) is 10.9. The Morgan fingerprint density at radius 3 is 2.74 bits per heavy atom. The van der Waals surface area contributed by atoms with Gasteiger partial charge in [0.1, 0.15) is 5.82 Å². The fourth-order valence-corrected chi connectivity index (χ4v) is 3.04. The molecule has 27 heavy (non-hydrogen) atoms. The van der Waals surface area contributed by atoms with Gasteiger partial charge in [-0.1, -0.05) is 11.6 Å². The maximum absolute atomic E-state index is 12.3. The molecule has 2 aromatic heterocycles. The van der Waals surface area contributed by atoms with Crippen molar-refractivity contribution in [3.8, 4) is 17.0 Å². The zero-order valence-corrected chi connectivity index (χ0v) is 16.3. The smallest absolute Gasteiger partial charge is 0.277 e. The van der Waals surface area contributed by atoms with Gasteiger partial charge < -0.3 is 14.6 Å². The first kappa shape index (κ1) is 19.0. The second-order valence-electron chi connectivity index (χ2n) is 6.06. The molecule has 1 aromatic carbocycles. The lowest BCUT2D eigenvalue weighted by Gasteiger charge is -2.15. The molecule has 0 saturated carbocycles. The Hall–Kier alpha value is -2.77. The van der Waals surface area contributed by atoms with E-state index in [-0.39, 0.29) is 5.91 Å². The Kier molecular flexibility index (Phi) is 5.53.